The molecule has 4 heterocycles. The molecule has 2 aliphatic rings. The van der Waals surface area contributed by atoms with E-state index in [4.69, 9.17) is 8.83 Å². The summed E-state index contributed by atoms with van der Waals surface area (Å²) in [5.74, 6) is -0.798. The normalized spacial score (nSPS) is 14.8. The molecule has 0 bridgehead atoms. The number of hydrogen-bond donors (Lipinski definition) is 0. The fraction of sp³-hybridized carbons (Fsp3) is 0.0864. The Bertz CT molecular complexity index is 5480. The summed E-state index contributed by atoms with van der Waals surface area (Å²) >= 11 is 0. The van der Waals surface area contributed by atoms with Crippen LogP contribution in [0.3, 0.4) is 0 Å². The van der Waals surface area contributed by atoms with Gasteiger partial charge in [-0.15, -0.1) is 0 Å². The second-order valence-corrected chi connectivity index (χ2v) is 39.1. The van der Waals surface area contributed by atoms with Crippen molar-refractivity contribution in [1.82, 2.24) is 4.57 Å². The Balaban J connectivity index is 1.02. The molecule has 436 valence electrons. The Morgan fingerprint density at radius 3 is 1.22 bits per heavy atom. The molecular formula is C81H61F2N3O2Si2-2. The van der Waals surface area contributed by atoms with E-state index in [1.165, 1.54) is 38.8 Å². The van der Waals surface area contributed by atoms with Gasteiger partial charge >= 0.3 is 477 Å². The maximum atomic E-state index is 16.1. The van der Waals surface area contributed by atoms with Crippen molar-refractivity contribution >= 4 is 148 Å². The summed E-state index contributed by atoms with van der Waals surface area (Å²) < 4.78 is 48.3. The third kappa shape index (κ3) is 7.21. The monoisotopic (exact) mass is 1200 g/mol. The van der Waals surface area contributed by atoms with Crippen LogP contribution in [0.25, 0.3) is 104 Å². The van der Waals surface area contributed by atoms with Crippen LogP contribution < -0.4 is 20.2 Å². The molecule has 5 nitrogen and oxygen atoms in total. The van der Waals surface area contributed by atoms with Gasteiger partial charge in [-0.1, -0.05) is 30.3 Å². The number of furan rings is 2. The van der Waals surface area contributed by atoms with Crippen molar-refractivity contribution in [1.29, 1.82) is 0 Å². The van der Waals surface area contributed by atoms with Crippen molar-refractivity contribution < 1.29 is 17.6 Å². The van der Waals surface area contributed by atoms with E-state index in [2.05, 4.69) is 254 Å². The quantitative estimate of drug-likeness (QED) is 0.142. The van der Waals surface area contributed by atoms with Gasteiger partial charge in [0.25, 0.3) is 0 Å². The van der Waals surface area contributed by atoms with Crippen molar-refractivity contribution in [3.63, 3.8) is 0 Å². The first-order valence-electron chi connectivity index (χ1n) is 31.6. The van der Waals surface area contributed by atoms with Gasteiger partial charge in [0.2, 0.25) is 0 Å². The average Bonchev–Trinajstić information content (AvgIpc) is 1.48. The maximum absolute atomic E-state index is 16.1. The molecule has 0 saturated heterocycles. The van der Waals surface area contributed by atoms with E-state index in [-0.39, 0.29) is 11.2 Å². The molecule has 3 aromatic heterocycles. The van der Waals surface area contributed by atoms with Crippen LogP contribution in [0.15, 0.2) is 258 Å². The number of aromatic nitrogens is 1. The van der Waals surface area contributed by atoms with E-state index in [9.17, 15) is 0 Å². The summed E-state index contributed by atoms with van der Waals surface area (Å²) in [6.45, 7) is 14.5. The number of nitrogens with zero attached hydrogens (tertiary/aromatic N) is 3. The number of fused-ring (bicyclic) bond motifs is 22. The Hall–Kier alpha value is -10.3. The van der Waals surface area contributed by atoms with E-state index in [0.29, 0.717) is 11.2 Å². The van der Waals surface area contributed by atoms with E-state index in [0.717, 1.165) is 122 Å². The molecule has 0 saturated carbocycles. The van der Waals surface area contributed by atoms with Gasteiger partial charge in [-0.25, -0.2) is 0 Å². The van der Waals surface area contributed by atoms with Gasteiger partial charge in [-0.2, -0.15) is 0 Å². The van der Waals surface area contributed by atoms with Gasteiger partial charge < -0.3 is 0 Å². The van der Waals surface area contributed by atoms with Gasteiger partial charge in [-0.05, 0) is 6.07 Å². The van der Waals surface area contributed by atoms with E-state index in [1.54, 1.807) is 12.1 Å². The summed E-state index contributed by atoms with van der Waals surface area (Å²) in [7, 11) is -4.17. The SMILES string of the molecule is C[SiH-](C)(C)c1ccc(N(c2cc3c(c4ccccc24)-c2c(cc(N(c4ccc([SiH-](C)(C)C)cc4)c4cccc5c4oc4c(F)cccc45)c4ccccc24)C32c3ccccc3-n3c4ccccc4c4cccc2c43)c2cccc3c2oc2c(F)cccc23)cc1. The van der Waals surface area contributed by atoms with E-state index >= 15 is 8.78 Å². The summed E-state index contributed by atoms with van der Waals surface area (Å²) in [4.78, 5) is 4.75. The fourth-order valence-electron chi connectivity index (χ4n) is 15.8. The zero-order chi connectivity index (χ0) is 60.7. The molecule has 0 atom stereocenters. The molecule has 0 N–H and O–H groups in total. The van der Waals surface area contributed by atoms with Crippen molar-refractivity contribution in [2.75, 3.05) is 9.80 Å². The summed E-state index contributed by atoms with van der Waals surface area (Å²) in [6.07, 6.45) is 0. The third-order valence-electron chi connectivity index (χ3n) is 19.9. The summed E-state index contributed by atoms with van der Waals surface area (Å²) in [5.41, 5.74) is 16.5. The van der Waals surface area contributed by atoms with Gasteiger partial charge in [-0.3, -0.25) is 0 Å². The van der Waals surface area contributed by atoms with Crippen LogP contribution in [-0.2, 0) is 5.41 Å². The Labute approximate surface area is 520 Å². The molecule has 9 heteroatoms. The van der Waals surface area contributed by atoms with Gasteiger partial charge in [0, 0.05) is 5.39 Å². The minimum atomic E-state index is -2.09. The summed E-state index contributed by atoms with van der Waals surface area (Å²) in [5, 5.41) is 12.5. The Morgan fingerprint density at radius 1 is 0.333 bits per heavy atom. The zero-order valence-electron chi connectivity index (χ0n) is 50.7. The van der Waals surface area contributed by atoms with Crippen molar-refractivity contribution in [3.05, 3.63) is 283 Å². The molecule has 1 aliphatic carbocycles. The first-order chi connectivity index (χ1) is 43.8. The predicted octanol–water partition coefficient (Wildman–Crippen LogP) is 21.3. The van der Waals surface area contributed by atoms with Crippen molar-refractivity contribution in [3.8, 4) is 16.8 Å². The summed E-state index contributed by atoms with van der Waals surface area (Å²) in [6, 6.07) is 88.9. The fourth-order valence-corrected chi connectivity index (χ4v) is 18.4. The van der Waals surface area contributed by atoms with Crippen LogP contribution in [0.1, 0.15) is 22.3 Å². The molecule has 18 rings (SSSR count). The molecule has 1 spiro atoms. The van der Waals surface area contributed by atoms with Crippen LogP contribution in [0.4, 0.5) is 42.9 Å². The topological polar surface area (TPSA) is 37.7 Å². The van der Waals surface area contributed by atoms with Crippen LogP contribution in [0.2, 0.25) is 39.3 Å². The minimum absolute atomic E-state index is 0.235. The molecule has 1 aliphatic heterocycles. The number of rotatable bonds is 8. The molecule has 13 aromatic carbocycles. The molecule has 16 aromatic rings. The second-order valence-electron chi connectivity index (χ2n) is 27.3. The number of hydrogen-bond acceptors (Lipinski definition) is 4. The van der Waals surface area contributed by atoms with E-state index < -0.39 is 33.2 Å². The van der Waals surface area contributed by atoms with E-state index in [1.807, 2.05) is 24.3 Å². The molecule has 90 heavy (non-hydrogen) atoms. The van der Waals surface area contributed by atoms with Crippen molar-refractivity contribution in [2.45, 2.75) is 44.7 Å². The van der Waals surface area contributed by atoms with Gasteiger partial charge in [0.05, 0.1) is 5.52 Å². The molecule has 0 unspecified atom stereocenters. The van der Waals surface area contributed by atoms with Crippen LogP contribution in [0.5, 0.6) is 0 Å². The molecule has 0 fully saturated rings. The van der Waals surface area contributed by atoms with Crippen LogP contribution in [0, 0.1) is 11.6 Å². The Morgan fingerprint density at radius 2 is 0.722 bits per heavy atom. The molecule has 0 amide bonds. The average molecular weight is 1200 g/mol. The third-order valence-corrected chi connectivity index (χ3v) is 24.7. The first-order valence-corrected chi connectivity index (χ1v) is 39.7. The van der Waals surface area contributed by atoms with Crippen LogP contribution >= 0.6 is 0 Å². The molecule has 0 radical (unpaired) electrons. The molecular weight excluding hydrogens is 1140 g/mol. The van der Waals surface area contributed by atoms with Crippen molar-refractivity contribution in [2.24, 2.45) is 0 Å². The first kappa shape index (κ1) is 52.8. The van der Waals surface area contributed by atoms with Crippen LogP contribution in [-0.4, -0.2) is 20.7 Å². The zero-order valence-corrected chi connectivity index (χ0v) is 53.0. The van der Waals surface area contributed by atoms with Gasteiger partial charge in [0.1, 0.15) is 0 Å². The van der Waals surface area contributed by atoms with Gasteiger partial charge in [0.15, 0.2) is 0 Å². The standard InChI is InChI=1S/C81H61F2N3O2Si2/c1-89(2,3)50-42-38-48(39-43-50)84(70-36-18-28-60-58-26-16-32-66(82)77(58)87-79(60)70)72-46-64-74(55-23-9-7-20-52(55)72)75-56-24-10-8-21-53(56)73(47-65(75)81(64)62-30-12-14-35-69(62)86-68-34-13-11-22-54(68)57-25-15-31-63(81)76(57)86)85(49-40-44-51(45-41-49)90(4,5)6)71-37-19-29-61-59-27-17-33-67(83)78(59)88-80(61)71/h7-47,89-90H,1-6H3/q-2. The number of para-hydroxylation sites is 7. The Kier molecular flexibility index (Phi) is 11.1. The number of benzene rings is 13. The predicted molar refractivity (Wildman–Crippen MR) is 379 cm³/mol. The number of anilines is 6. The second kappa shape index (κ2) is 18.9. The number of halogens is 2.